The van der Waals surface area contributed by atoms with E-state index in [1.165, 1.54) is 0 Å². The van der Waals surface area contributed by atoms with Crippen molar-refractivity contribution in [3.63, 3.8) is 0 Å². The number of para-hydroxylation sites is 1. The molecule has 2 aromatic heterocycles. The Hall–Kier alpha value is -3.30. The van der Waals surface area contributed by atoms with Gasteiger partial charge in [-0.2, -0.15) is 18.3 Å². The van der Waals surface area contributed by atoms with E-state index >= 15 is 0 Å². The largest absolute Gasteiger partial charge is 0.432 e. The number of carbonyl (C=O) groups is 1. The van der Waals surface area contributed by atoms with Gasteiger partial charge in [0.05, 0.1) is 11.3 Å². The highest BCUT2D eigenvalue weighted by Gasteiger charge is 2.34. The van der Waals surface area contributed by atoms with Gasteiger partial charge in [0.25, 0.3) is 11.8 Å². The van der Waals surface area contributed by atoms with Gasteiger partial charge in [0.15, 0.2) is 0 Å². The number of carbonyl (C=O) groups excluding carboxylic acids is 1. The normalized spacial score (nSPS) is 16.7. The lowest BCUT2D eigenvalue weighted by Crippen LogP contribution is -2.34. The van der Waals surface area contributed by atoms with Crippen LogP contribution in [0.5, 0.6) is 0 Å². The Morgan fingerprint density at radius 2 is 2.00 bits per heavy atom. The minimum Gasteiger partial charge on any atom is -0.419 e. The predicted molar refractivity (Wildman–Crippen MR) is 80.8 cm³/mol. The first kappa shape index (κ1) is 16.2. The summed E-state index contributed by atoms with van der Waals surface area (Å²) in [5.74, 6) is -0.973. The van der Waals surface area contributed by atoms with Crippen molar-refractivity contribution in [1.82, 2.24) is 20.4 Å². The lowest BCUT2D eigenvalue weighted by atomic mass is 10.0. The second kappa shape index (κ2) is 5.90. The average molecular weight is 361 g/mol. The topological polar surface area (TPSA) is 97.0 Å². The van der Waals surface area contributed by atoms with E-state index in [1.54, 1.807) is 18.2 Å². The van der Waals surface area contributed by atoms with Crippen molar-refractivity contribution in [1.29, 1.82) is 0 Å². The number of nitrogens with one attached hydrogen (secondary N) is 1. The summed E-state index contributed by atoms with van der Waals surface area (Å²) in [4.78, 5) is 16.1. The number of fused-ring (bicyclic) bond motifs is 1. The highest BCUT2D eigenvalue weighted by Crippen LogP contribution is 2.30. The molecule has 0 spiro atoms. The molecule has 1 atom stereocenters. The van der Waals surface area contributed by atoms with Gasteiger partial charge < -0.3 is 4.42 Å². The molecule has 0 saturated heterocycles. The van der Waals surface area contributed by atoms with Crippen molar-refractivity contribution in [2.75, 3.05) is 0 Å². The zero-order chi connectivity index (χ0) is 18.3. The van der Waals surface area contributed by atoms with Crippen LogP contribution in [-0.2, 0) is 17.4 Å². The lowest BCUT2D eigenvalue weighted by Gasteiger charge is -2.09. The summed E-state index contributed by atoms with van der Waals surface area (Å²) >= 11 is 0. The molecule has 0 radical (unpaired) electrons. The van der Waals surface area contributed by atoms with Crippen LogP contribution in [0.3, 0.4) is 0 Å². The van der Waals surface area contributed by atoms with Crippen LogP contribution < -0.4 is 10.6 Å². The Morgan fingerprint density at radius 3 is 2.77 bits per heavy atom. The number of H-pyrrole nitrogens is 1. The van der Waals surface area contributed by atoms with E-state index in [0.717, 1.165) is 11.3 Å². The van der Waals surface area contributed by atoms with E-state index in [2.05, 4.69) is 20.3 Å². The van der Waals surface area contributed by atoms with Crippen LogP contribution in [-0.4, -0.2) is 26.3 Å². The molecule has 0 aliphatic carbocycles. The van der Waals surface area contributed by atoms with Gasteiger partial charge in [0, 0.05) is 12.5 Å². The Kier molecular flexibility index (Phi) is 3.67. The number of nitrogens with zero attached hydrogens (tertiary/aromatic N) is 4. The first-order valence-electron chi connectivity index (χ1n) is 7.55. The zero-order valence-corrected chi connectivity index (χ0v) is 13.0. The quantitative estimate of drug-likeness (QED) is 0.758. The molecule has 7 nitrogen and oxygen atoms in total. The molecule has 3 aromatic rings. The van der Waals surface area contributed by atoms with Crippen molar-refractivity contribution in [3.05, 3.63) is 52.5 Å². The molecule has 3 heterocycles. The lowest BCUT2D eigenvalue weighted by molar-refractivity contribution is -0.141. The van der Waals surface area contributed by atoms with Gasteiger partial charge in [0.2, 0.25) is 5.89 Å². The molecule has 0 saturated carbocycles. The Balaban J connectivity index is 1.57. The fraction of sp³-hybridized carbons (Fsp3) is 0.188. The van der Waals surface area contributed by atoms with Crippen LogP contribution in [0.15, 0.2) is 39.7 Å². The van der Waals surface area contributed by atoms with Crippen LogP contribution in [0.4, 0.5) is 13.2 Å². The number of aromatic nitrogens is 4. The average Bonchev–Trinajstić information content (AvgIpc) is 3.24. The fourth-order valence-corrected chi connectivity index (χ4v) is 2.57. The van der Waals surface area contributed by atoms with E-state index in [-0.39, 0.29) is 29.8 Å². The summed E-state index contributed by atoms with van der Waals surface area (Å²) in [6.07, 6.45) is -2.70. The van der Waals surface area contributed by atoms with Gasteiger partial charge in [-0.05, 0) is 11.3 Å². The molecule has 1 amide bonds. The number of rotatable bonds is 3. The molecule has 1 aliphatic heterocycles. The highest BCUT2D eigenvalue weighted by molar-refractivity contribution is 5.86. The molecule has 10 heteroatoms. The van der Waals surface area contributed by atoms with Crippen molar-refractivity contribution in [2.45, 2.75) is 12.6 Å². The van der Waals surface area contributed by atoms with Crippen LogP contribution in [0, 0.1) is 5.92 Å². The van der Waals surface area contributed by atoms with Crippen LogP contribution in [0.2, 0.25) is 0 Å². The van der Waals surface area contributed by atoms with Crippen molar-refractivity contribution < 1.29 is 22.4 Å². The number of hydrogen-bond donors (Lipinski definition) is 1. The van der Waals surface area contributed by atoms with E-state index < -0.39 is 17.8 Å². The third-order valence-corrected chi connectivity index (χ3v) is 3.83. The number of hydrogen-bond acceptors (Lipinski definition) is 5. The summed E-state index contributed by atoms with van der Waals surface area (Å²) in [7, 11) is 0. The first-order chi connectivity index (χ1) is 12.4. The maximum absolute atomic E-state index is 12.6. The Morgan fingerprint density at radius 1 is 1.19 bits per heavy atom. The summed E-state index contributed by atoms with van der Waals surface area (Å²) in [6.45, 7) is 0. The van der Waals surface area contributed by atoms with E-state index in [9.17, 15) is 18.0 Å². The third kappa shape index (κ3) is 3.01. The smallest absolute Gasteiger partial charge is 0.419 e. The SMILES string of the molecule is O=C1N=c2ccccc2=CC1Cc1nnc(-c2cc(C(F)(F)F)[nH]n2)o1. The molecule has 0 bridgehead atoms. The molecule has 1 N–H and O–H groups in total. The number of halogens is 3. The molecule has 0 fully saturated rings. The summed E-state index contributed by atoms with van der Waals surface area (Å²) < 4.78 is 43.2. The van der Waals surface area contributed by atoms with E-state index in [0.29, 0.717) is 5.36 Å². The van der Waals surface area contributed by atoms with Crippen molar-refractivity contribution >= 4 is 12.0 Å². The second-order valence-corrected chi connectivity index (χ2v) is 5.65. The second-order valence-electron chi connectivity index (χ2n) is 5.65. The van der Waals surface area contributed by atoms with Gasteiger partial charge in [-0.1, -0.05) is 24.3 Å². The molecular formula is C16H10F3N5O2. The first-order valence-corrected chi connectivity index (χ1v) is 7.55. The van der Waals surface area contributed by atoms with Crippen LogP contribution in [0.25, 0.3) is 17.7 Å². The number of alkyl halides is 3. The molecule has 1 aliphatic rings. The maximum Gasteiger partial charge on any atom is 0.432 e. The summed E-state index contributed by atoms with van der Waals surface area (Å²) in [5.41, 5.74) is -1.14. The van der Waals surface area contributed by atoms with Gasteiger partial charge >= 0.3 is 6.18 Å². The minimum atomic E-state index is -4.55. The van der Waals surface area contributed by atoms with E-state index in [1.807, 2.05) is 17.2 Å². The predicted octanol–water partition coefficient (Wildman–Crippen LogP) is 1.28. The van der Waals surface area contributed by atoms with Crippen molar-refractivity contribution in [2.24, 2.45) is 10.9 Å². The standard InChI is InChI=1S/C16H10F3N5O2/c17-16(18,19)12-7-11(21-22-12)15-24-23-13(26-15)6-9-5-8-3-1-2-4-10(8)20-14(9)25/h1-5,7,9H,6H2,(H,21,22). The van der Waals surface area contributed by atoms with Crippen molar-refractivity contribution in [3.8, 4) is 11.6 Å². The molecule has 4 rings (SSSR count). The minimum absolute atomic E-state index is 0.0974. The molecule has 1 unspecified atom stereocenters. The highest BCUT2D eigenvalue weighted by atomic mass is 19.4. The summed E-state index contributed by atoms with van der Waals surface area (Å²) in [6, 6.07) is 7.96. The summed E-state index contributed by atoms with van der Waals surface area (Å²) in [5, 5.41) is 14.3. The number of benzene rings is 1. The number of aromatic amines is 1. The van der Waals surface area contributed by atoms with Crippen LogP contribution in [0.1, 0.15) is 11.6 Å². The Bertz CT molecular complexity index is 1100. The maximum atomic E-state index is 12.6. The molecule has 1 aromatic carbocycles. The third-order valence-electron chi connectivity index (χ3n) is 3.83. The number of amides is 1. The fourth-order valence-electron chi connectivity index (χ4n) is 2.57. The molecular weight excluding hydrogens is 351 g/mol. The molecule has 26 heavy (non-hydrogen) atoms. The monoisotopic (exact) mass is 361 g/mol. The van der Waals surface area contributed by atoms with Gasteiger partial charge in [-0.25, -0.2) is 4.99 Å². The molecule has 132 valence electrons. The Labute approximate surface area is 143 Å². The van der Waals surface area contributed by atoms with Gasteiger partial charge in [-0.15, -0.1) is 10.2 Å². The van der Waals surface area contributed by atoms with Crippen LogP contribution >= 0.6 is 0 Å². The van der Waals surface area contributed by atoms with E-state index in [4.69, 9.17) is 4.42 Å². The van der Waals surface area contributed by atoms with Gasteiger partial charge in [-0.3, -0.25) is 9.89 Å². The van der Waals surface area contributed by atoms with Gasteiger partial charge in [0.1, 0.15) is 11.4 Å². The zero-order valence-electron chi connectivity index (χ0n) is 13.0.